The lowest BCUT2D eigenvalue weighted by atomic mass is 10.2. The zero-order chi connectivity index (χ0) is 11.2. The number of unbranched alkanes of at least 4 members (excludes halogenated alkanes) is 1. The molecule has 0 atom stereocenters. The molecule has 0 unspecified atom stereocenters. The Morgan fingerprint density at radius 2 is 1.75 bits per heavy atom. The molecule has 86 valence electrons. The van der Waals surface area contributed by atoms with Crippen molar-refractivity contribution < 1.29 is 0 Å². The van der Waals surface area contributed by atoms with Gasteiger partial charge in [0.05, 0.1) is 6.04 Å². The number of hydrogen-bond donors (Lipinski definition) is 1. The third-order valence-corrected chi connectivity index (χ3v) is 4.41. The summed E-state index contributed by atoms with van der Waals surface area (Å²) in [6.07, 6.45) is 2.49. The van der Waals surface area contributed by atoms with Gasteiger partial charge in [-0.3, -0.25) is 0 Å². The lowest BCUT2D eigenvalue weighted by Gasteiger charge is -2.15. The van der Waals surface area contributed by atoms with Crippen molar-refractivity contribution in [2.75, 3.05) is 6.54 Å². The highest BCUT2D eigenvalue weighted by molar-refractivity contribution is 7.11. The molecule has 3 heteroatoms. The minimum Gasteiger partial charge on any atom is -0.305 e. The molecule has 2 aromatic rings. The van der Waals surface area contributed by atoms with Crippen LogP contribution in [0.5, 0.6) is 0 Å². The Bertz CT molecular complexity index is 344. The number of nitrogens with one attached hydrogen (secondary N) is 1. The van der Waals surface area contributed by atoms with Crippen LogP contribution in [0.15, 0.2) is 35.0 Å². The summed E-state index contributed by atoms with van der Waals surface area (Å²) in [4.78, 5) is 2.83. The van der Waals surface area contributed by atoms with Crippen LogP contribution in [-0.4, -0.2) is 6.54 Å². The Hall–Kier alpha value is -0.640. The Labute approximate surface area is 105 Å². The minimum absolute atomic E-state index is 0.395. The summed E-state index contributed by atoms with van der Waals surface area (Å²) in [5.41, 5.74) is 0. The lowest BCUT2D eigenvalue weighted by Crippen LogP contribution is -2.21. The van der Waals surface area contributed by atoms with Gasteiger partial charge in [-0.05, 0) is 35.9 Å². The van der Waals surface area contributed by atoms with E-state index < -0.39 is 0 Å². The van der Waals surface area contributed by atoms with Gasteiger partial charge in [0.25, 0.3) is 0 Å². The first kappa shape index (κ1) is 11.8. The Kier molecular flexibility index (Phi) is 4.57. The van der Waals surface area contributed by atoms with Crippen molar-refractivity contribution in [2.45, 2.75) is 25.8 Å². The average molecular weight is 251 g/mol. The standard InChI is InChI=1S/C13H17NS2/c1-2-3-8-14-13(11-6-4-9-15-11)12-7-5-10-16-12/h4-7,9-10,13-14H,2-3,8H2,1H3. The largest absolute Gasteiger partial charge is 0.305 e. The predicted molar refractivity (Wildman–Crippen MR) is 73.4 cm³/mol. The fourth-order valence-electron chi connectivity index (χ4n) is 1.68. The Morgan fingerprint density at radius 1 is 1.12 bits per heavy atom. The molecular weight excluding hydrogens is 234 g/mol. The van der Waals surface area contributed by atoms with E-state index in [4.69, 9.17) is 0 Å². The van der Waals surface area contributed by atoms with Crippen molar-refractivity contribution >= 4 is 22.7 Å². The number of thiophene rings is 2. The van der Waals surface area contributed by atoms with Crippen molar-refractivity contribution in [3.63, 3.8) is 0 Å². The van der Waals surface area contributed by atoms with Gasteiger partial charge in [0.1, 0.15) is 0 Å². The fourth-order valence-corrected chi connectivity index (χ4v) is 3.39. The summed E-state index contributed by atoms with van der Waals surface area (Å²) >= 11 is 3.66. The topological polar surface area (TPSA) is 12.0 Å². The molecule has 2 heterocycles. The summed E-state index contributed by atoms with van der Waals surface area (Å²) in [6, 6.07) is 9.08. The van der Waals surface area contributed by atoms with Crippen LogP contribution in [-0.2, 0) is 0 Å². The van der Waals surface area contributed by atoms with Crippen LogP contribution in [0.3, 0.4) is 0 Å². The molecule has 0 saturated heterocycles. The quantitative estimate of drug-likeness (QED) is 0.755. The van der Waals surface area contributed by atoms with E-state index in [0.29, 0.717) is 6.04 Å². The van der Waals surface area contributed by atoms with E-state index in [1.165, 1.54) is 22.6 Å². The van der Waals surface area contributed by atoms with Crippen LogP contribution in [0, 0.1) is 0 Å². The zero-order valence-corrected chi connectivity index (χ0v) is 11.1. The molecule has 1 N–H and O–H groups in total. The third kappa shape index (κ3) is 2.94. The van der Waals surface area contributed by atoms with E-state index in [1.54, 1.807) is 0 Å². The molecule has 16 heavy (non-hydrogen) atoms. The van der Waals surface area contributed by atoms with Gasteiger partial charge in [0, 0.05) is 9.75 Å². The Balaban J connectivity index is 2.08. The molecule has 1 nitrogen and oxygen atoms in total. The van der Waals surface area contributed by atoms with Crippen LogP contribution in [0.25, 0.3) is 0 Å². The molecule has 0 spiro atoms. The van der Waals surface area contributed by atoms with Crippen LogP contribution < -0.4 is 5.32 Å². The van der Waals surface area contributed by atoms with Crippen LogP contribution in [0.4, 0.5) is 0 Å². The summed E-state index contributed by atoms with van der Waals surface area (Å²) in [7, 11) is 0. The Morgan fingerprint density at radius 3 is 2.19 bits per heavy atom. The van der Waals surface area contributed by atoms with Crippen molar-refractivity contribution in [2.24, 2.45) is 0 Å². The van der Waals surface area contributed by atoms with Gasteiger partial charge >= 0.3 is 0 Å². The van der Waals surface area contributed by atoms with E-state index >= 15 is 0 Å². The first-order valence-electron chi connectivity index (χ1n) is 5.72. The number of rotatable bonds is 6. The molecule has 0 aliphatic rings. The number of hydrogen-bond acceptors (Lipinski definition) is 3. The summed E-state index contributed by atoms with van der Waals surface area (Å²) < 4.78 is 0. The highest BCUT2D eigenvalue weighted by atomic mass is 32.1. The van der Waals surface area contributed by atoms with E-state index in [-0.39, 0.29) is 0 Å². The van der Waals surface area contributed by atoms with Crippen molar-refractivity contribution in [3.05, 3.63) is 44.8 Å². The molecule has 0 radical (unpaired) electrons. The van der Waals surface area contributed by atoms with Gasteiger partial charge in [-0.2, -0.15) is 0 Å². The fraction of sp³-hybridized carbons (Fsp3) is 0.385. The van der Waals surface area contributed by atoms with Gasteiger partial charge in [-0.15, -0.1) is 22.7 Å². The predicted octanol–water partition coefficient (Wildman–Crippen LogP) is 4.29. The molecule has 2 aromatic heterocycles. The summed E-state index contributed by atoms with van der Waals surface area (Å²) in [5, 5.41) is 7.95. The molecule has 2 rings (SSSR count). The molecule has 0 bridgehead atoms. The summed E-state index contributed by atoms with van der Waals surface area (Å²) in [5.74, 6) is 0. The molecule has 0 amide bonds. The molecule has 0 aliphatic carbocycles. The monoisotopic (exact) mass is 251 g/mol. The lowest BCUT2D eigenvalue weighted by molar-refractivity contribution is 0.591. The van der Waals surface area contributed by atoms with Gasteiger partial charge in [-0.25, -0.2) is 0 Å². The summed E-state index contributed by atoms with van der Waals surface area (Å²) in [6.45, 7) is 3.32. The average Bonchev–Trinajstić information content (AvgIpc) is 2.97. The SMILES string of the molecule is CCCCNC(c1cccs1)c1cccs1. The molecule has 0 saturated carbocycles. The highest BCUT2D eigenvalue weighted by Gasteiger charge is 2.14. The van der Waals surface area contributed by atoms with Gasteiger partial charge in [0.2, 0.25) is 0 Å². The van der Waals surface area contributed by atoms with Crippen LogP contribution >= 0.6 is 22.7 Å². The van der Waals surface area contributed by atoms with Crippen molar-refractivity contribution in [1.82, 2.24) is 5.32 Å². The van der Waals surface area contributed by atoms with E-state index in [0.717, 1.165) is 6.54 Å². The van der Waals surface area contributed by atoms with Crippen molar-refractivity contribution in [1.29, 1.82) is 0 Å². The highest BCUT2D eigenvalue weighted by Crippen LogP contribution is 2.28. The second-order valence-corrected chi connectivity index (χ2v) is 5.73. The molecule has 0 fully saturated rings. The first-order valence-corrected chi connectivity index (χ1v) is 7.48. The first-order chi connectivity index (χ1) is 7.92. The molecule has 0 aliphatic heterocycles. The van der Waals surface area contributed by atoms with E-state index in [1.807, 2.05) is 22.7 Å². The van der Waals surface area contributed by atoms with Crippen molar-refractivity contribution in [3.8, 4) is 0 Å². The second-order valence-electron chi connectivity index (χ2n) is 3.77. The van der Waals surface area contributed by atoms with E-state index in [2.05, 4.69) is 47.3 Å². The van der Waals surface area contributed by atoms with Crippen LogP contribution in [0.2, 0.25) is 0 Å². The maximum Gasteiger partial charge on any atom is 0.0764 e. The van der Waals surface area contributed by atoms with Gasteiger partial charge in [0.15, 0.2) is 0 Å². The normalized spacial score (nSPS) is 11.1. The second kappa shape index (κ2) is 6.18. The third-order valence-electron chi connectivity index (χ3n) is 2.53. The molecular formula is C13H17NS2. The van der Waals surface area contributed by atoms with E-state index in [9.17, 15) is 0 Å². The smallest absolute Gasteiger partial charge is 0.0764 e. The van der Waals surface area contributed by atoms with Crippen LogP contribution in [0.1, 0.15) is 35.6 Å². The maximum absolute atomic E-state index is 3.65. The van der Waals surface area contributed by atoms with Gasteiger partial charge < -0.3 is 5.32 Å². The molecule has 0 aromatic carbocycles. The minimum atomic E-state index is 0.395. The maximum atomic E-state index is 3.65. The van der Waals surface area contributed by atoms with Gasteiger partial charge in [-0.1, -0.05) is 25.5 Å². The zero-order valence-electron chi connectivity index (χ0n) is 9.48.